The van der Waals surface area contributed by atoms with E-state index in [9.17, 15) is 51.1 Å². The number of ether oxygens (including phenoxy) is 4. The third-order valence-corrected chi connectivity index (χ3v) is 16.6. The Kier molecular flexibility index (Phi) is 13.0. The lowest BCUT2D eigenvalue weighted by Crippen LogP contribution is -2.68. The molecule has 14 heteroatoms. The van der Waals surface area contributed by atoms with Gasteiger partial charge in [0.25, 0.3) is 0 Å². The highest BCUT2D eigenvalue weighted by Gasteiger charge is 2.71. The van der Waals surface area contributed by atoms with Crippen molar-refractivity contribution in [2.75, 3.05) is 19.8 Å². The van der Waals surface area contributed by atoms with Gasteiger partial charge in [0, 0.05) is 0 Å². The van der Waals surface area contributed by atoms with E-state index in [0.717, 1.165) is 37.7 Å². The lowest BCUT2D eigenvalue weighted by molar-refractivity contribution is -0.335. The SMILES string of the molecule is C/C(=C/CC[C@](C)(O)[C@@H]1CC[C@@]2(C)[C@@H]1CC[C@H]1[C@@]3(C)CC[C@H](O[C@H]4O[C@@H](CO)[C@H](O)[C@@H](O)[C@@H]4O)C(C)(C)[C@H]3[C@H](O)C[C@]12C)CO[C@H]1O[C@@H](CO)[C@H](O)[C@@H](O)[C@@H]1O. The zero-order chi connectivity index (χ0) is 41.3. The molecule has 0 unspecified atom stereocenters. The molecule has 4 saturated carbocycles. The lowest BCUT2D eigenvalue weighted by Gasteiger charge is -2.71. The summed E-state index contributed by atoms with van der Waals surface area (Å²) in [4.78, 5) is 0. The van der Waals surface area contributed by atoms with Crippen molar-refractivity contribution in [3.05, 3.63) is 11.6 Å². The Labute approximate surface area is 331 Å². The number of hydrogen-bond donors (Lipinski definition) is 10. The summed E-state index contributed by atoms with van der Waals surface area (Å²) in [7, 11) is 0. The second-order valence-electron chi connectivity index (χ2n) is 20.1. The first-order chi connectivity index (χ1) is 26.1. The molecular weight excluding hydrogens is 728 g/mol. The quantitative estimate of drug-likeness (QED) is 0.104. The van der Waals surface area contributed by atoms with Crippen molar-refractivity contribution in [3.63, 3.8) is 0 Å². The summed E-state index contributed by atoms with van der Waals surface area (Å²) in [5.74, 6) is 0.586. The molecule has 0 radical (unpaired) electrons. The topological polar surface area (TPSA) is 239 Å². The standard InChI is InChI=1S/C42H72O14/c1-21(20-53-36-33(50)31(48)29(46)25(18-43)54-36)9-8-14-42(7,52)23-12-16-40(5)22(23)10-11-27-39(4)15-13-28(38(2,3)35(39)24(45)17-41(27,40)6)56-37-34(51)32(49)30(47)26(19-44)55-37/h9,22-37,43-52H,8,10-20H2,1-7H3/b21-9-/t22-,23-,24-,25+,26+,27+,28+,29+,30+,31-,32-,33+,34+,35-,36+,37-,39-,40+,41-,42+/m1/s1. The Morgan fingerprint density at radius 1 is 0.750 bits per heavy atom. The fourth-order valence-corrected chi connectivity index (χ4v) is 13.5. The van der Waals surface area contributed by atoms with Crippen LogP contribution >= 0.6 is 0 Å². The van der Waals surface area contributed by atoms with E-state index >= 15 is 0 Å². The minimum absolute atomic E-state index is 0.0890. The maximum absolute atomic E-state index is 12.3. The fraction of sp³-hybridized carbons (Fsp3) is 0.952. The van der Waals surface area contributed by atoms with Crippen molar-refractivity contribution in [2.45, 2.75) is 185 Å². The van der Waals surface area contributed by atoms with Crippen LogP contribution in [-0.2, 0) is 18.9 Å². The van der Waals surface area contributed by atoms with E-state index in [1.807, 2.05) is 19.9 Å². The Hall–Kier alpha value is -0.820. The van der Waals surface area contributed by atoms with Crippen LogP contribution in [0.2, 0.25) is 0 Å². The third-order valence-electron chi connectivity index (χ3n) is 16.6. The van der Waals surface area contributed by atoms with Crippen LogP contribution in [0.15, 0.2) is 11.6 Å². The van der Waals surface area contributed by atoms with Crippen LogP contribution < -0.4 is 0 Å². The smallest absolute Gasteiger partial charge is 0.187 e. The molecule has 20 atom stereocenters. The summed E-state index contributed by atoms with van der Waals surface area (Å²) in [6.45, 7) is 14.2. The largest absolute Gasteiger partial charge is 0.394 e. The Bertz CT molecular complexity index is 1390. The number of aliphatic hydroxyl groups is 10. The van der Waals surface area contributed by atoms with E-state index in [-0.39, 0.29) is 40.6 Å². The zero-order valence-corrected chi connectivity index (χ0v) is 34.4. The van der Waals surface area contributed by atoms with Crippen molar-refractivity contribution in [1.29, 1.82) is 0 Å². The zero-order valence-electron chi connectivity index (χ0n) is 34.4. The maximum atomic E-state index is 12.3. The first-order valence-electron chi connectivity index (χ1n) is 21.0. The minimum Gasteiger partial charge on any atom is -0.394 e. The molecule has 14 nitrogen and oxygen atoms in total. The molecule has 10 N–H and O–H groups in total. The molecule has 4 aliphatic carbocycles. The van der Waals surface area contributed by atoms with Gasteiger partial charge in [-0.15, -0.1) is 0 Å². The number of hydrogen-bond acceptors (Lipinski definition) is 14. The van der Waals surface area contributed by atoms with E-state index < -0.39 is 97.8 Å². The highest BCUT2D eigenvalue weighted by Crippen LogP contribution is 2.76. The molecule has 0 aromatic rings. The average Bonchev–Trinajstić information content (AvgIpc) is 3.50. The van der Waals surface area contributed by atoms with Gasteiger partial charge in [-0.25, -0.2) is 0 Å². The molecule has 0 aromatic carbocycles. The lowest BCUT2D eigenvalue weighted by atomic mass is 9.35. The van der Waals surface area contributed by atoms with Gasteiger partial charge in [-0.05, 0) is 117 Å². The molecule has 0 bridgehead atoms. The number of aliphatic hydroxyl groups excluding tert-OH is 9. The summed E-state index contributed by atoms with van der Waals surface area (Å²) in [6, 6.07) is 0. The fourth-order valence-electron chi connectivity index (χ4n) is 13.5. The molecule has 0 spiro atoms. The molecule has 56 heavy (non-hydrogen) atoms. The first-order valence-corrected chi connectivity index (χ1v) is 21.0. The molecule has 2 heterocycles. The van der Waals surface area contributed by atoms with Gasteiger partial charge in [0.2, 0.25) is 0 Å². The van der Waals surface area contributed by atoms with Gasteiger partial charge in [0.15, 0.2) is 12.6 Å². The van der Waals surface area contributed by atoms with Gasteiger partial charge in [0.1, 0.15) is 48.8 Å². The van der Waals surface area contributed by atoms with E-state index in [0.29, 0.717) is 31.6 Å². The molecular formula is C42H72O14. The highest BCUT2D eigenvalue weighted by atomic mass is 16.7. The minimum atomic E-state index is -1.52. The summed E-state index contributed by atoms with van der Waals surface area (Å²) in [5.41, 5.74) is -1.08. The van der Waals surface area contributed by atoms with E-state index in [4.69, 9.17) is 18.9 Å². The van der Waals surface area contributed by atoms with Crippen LogP contribution in [0.5, 0.6) is 0 Å². The maximum Gasteiger partial charge on any atom is 0.187 e. The Morgan fingerprint density at radius 3 is 1.95 bits per heavy atom. The molecule has 0 aromatic heterocycles. The van der Waals surface area contributed by atoms with E-state index in [1.165, 1.54) is 0 Å². The summed E-state index contributed by atoms with van der Waals surface area (Å²) in [6.07, 6.45) is -5.35. The number of rotatable bonds is 11. The average molecular weight is 801 g/mol. The van der Waals surface area contributed by atoms with Gasteiger partial charge in [-0.1, -0.05) is 46.3 Å². The van der Waals surface area contributed by atoms with Crippen LogP contribution in [0.1, 0.15) is 106 Å². The normalized spacial score (nSPS) is 51.8. The number of fused-ring (bicyclic) bond motifs is 5. The summed E-state index contributed by atoms with van der Waals surface area (Å²) in [5, 5.41) is 106. The van der Waals surface area contributed by atoms with E-state index in [2.05, 4.69) is 34.6 Å². The van der Waals surface area contributed by atoms with Gasteiger partial charge < -0.3 is 70.0 Å². The second kappa shape index (κ2) is 16.2. The highest BCUT2D eigenvalue weighted by molar-refractivity contribution is 5.20. The predicted molar refractivity (Wildman–Crippen MR) is 202 cm³/mol. The number of allylic oxidation sites excluding steroid dienone is 1. The van der Waals surface area contributed by atoms with Crippen LogP contribution in [0.3, 0.4) is 0 Å². The molecule has 2 saturated heterocycles. The van der Waals surface area contributed by atoms with Gasteiger partial charge in [-0.2, -0.15) is 0 Å². The summed E-state index contributed by atoms with van der Waals surface area (Å²) >= 11 is 0. The molecule has 324 valence electrons. The molecule has 6 fully saturated rings. The Balaban J connectivity index is 1.11. The van der Waals surface area contributed by atoms with Crippen molar-refractivity contribution in [2.24, 2.45) is 45.3 Å². The monoisotopic (exact) mass is 800 g/mol. The Morgan fingerprint density at radius 2 is 1.34 bits per heavy atom. The van der Waals surface area contributed by atoms with Crippen molar-refractivity contribution in [1.82, 2.24) is 0 Å². The van der Waals surface area contributed by atoms with Crippen molar-refractivity contribution < 1.29 is 70.0 Å². The van der Waals surface area contributed by atoms with Gasteiger partial charge in [-0.3, -0.25) is 0 Å². The predicted octanol–water partition coefficient (Wildman–Crippen LogP) is 1.12. The van der Waals surface area contributed by atoms with Crippen LogP contribution in [-0.4, -0.2) is 150 Å². The molecule has 0 amide bonds. The molecule has 6 rings (SSSR count). The summed E-state index contributed by atoms with van der Waals surface area (Å²) < 4.78 is 23.3. The van der Waals surface area contributed by atoms with Crippen LogP contribution in [0.25, 0.3) is 0 Å². The van der Waals surface area contributed by atoms with Gasteiger partial charge >= 0.3 is 0 Å². The molecule has 6 aliphatic rings. The van der Waals surface area contributed by atoms with Crippen molar-refractivity contribution >= 4 is 0 Å². The van der Waals surface area contributed by atoms with Gasteiger partial charge in [0.05, 0.1) is 37.6 Å². The van der Waals surface area contributed by atoms with Crippen LogP contribution in [0, 0.1) is 45.3 Å². The van der Waals surface area contributed by atoms with Crippen molar-refractivity contribution in [3.8, 4) is 0 Å². The first kappa shape index (κ1) is 44.7. The third kappa shape index (κ3) is 7.37. The molecule has 2 aliphatic heterocycles. The second-order valence-corrected chi connectivity index (χ2v) is 20.1. The van der Waals surface area contributed by atoms with Crippen LogP contribution in [0.4, 0.5) is 0 Å². The van der Waals surface area contributed by atoms with E-state index in [1.54, 1.807) is 0 Å².